The van der Waals surface area contributed by atoms with Crippen molar-refractivity contribution in [3.63, 3.8) is 0 Å². The number of methoxy groups -OCH3 is 1. The minimum atomic E-state index is -3.95. The van der Waals surface area contributed by atoms with Crippen molar-refractivity contribution in [1.29, 1.82) is 0 Å². The molecule has 21 heavy (non-hydrogen) atoms. The van der Waals surface area contributed by atoms with Gasteiger partial charge in [0.25, 0.3) is 0 Å². The predicted molar refractivity (Wildman–Crippen MR) is 78.5 cm³/mol. The third-order valence-corrected chi connectivity index (χ3v) is 4.37. The smallest absolute Gasteiger partial charge is 0.336 e. The molecule has 2 N–H and O–H groups in total. The molecule has 0 fully saturated rings. The molecule has 0 saturated heterocycles. The van der Waals surface area contributed by atoms with Crippen LogP contribution in [0.1, 0.15) is 6.92 Å². The summed E-state index contributed by atoms with van der Waals surface area (Å²) in [7, 11) is -2.85. The maximum Gasteiger partial charge on any atom is 0.336 e. The topological polar surface area (TPSA) is 102 Å². The van der Waals surface area contributed by atoms with Crippen LogP contribution in [0.5, 0.6) is 5.75 Å². The Hall–Kier alpha value is -1.16. The first-order valence-corrected chi connectivity index (χ1v) is 8.27. The zero-order valence-electron chi connectivity index (χ0n) is 11.5. The van der Waals surface area contributed by atoms with Crippen molar-refractivity contribution in [2.24, 2.45) is 0 Å². The SMILES string of the molecule is CCOc1ccc(Br)cc1S(=O)(=O)NCC(O)C(=O)OC. The van der Waals surface area contributed by atoms with E-state index in [9.17, 15) is 18.3 Å². The third-order valence-electron chi connectivity index (χ3n) is 2.44. The summed E-state index contributed by atoms with van der Waals surface area (Å²) in [5, 5.41) is 9.41. The minimum absolute atomic E-state index is 0.0872. The molecular formula is C12H16BrNO6S. The first kappa shape index (κ1) is 17.9. The zero-order chi connectivity index (χ0) is 16.0. The highest BCUT2D eigenvalue weighted by Gasteiger charge is 2.23. The van der Waals surface area contributed by atoms with E-state index in [0.29, 0.717) is 11.1 Å². The largest absolute Gasteiger partial charge is 0.492 e. The van der Waals surface area contributed by atoms with Gasteiger partial charge in [0, 0.05) is 11.0 Å². The number of ether oxygens (including phenoxy) is 2. The standard InChI is InChI=1S/C12H16BrNO6S/c1-3-20-10-5-4-8(13)6-11(10)21(17,18)14-7-9(15)12(16)19-2/h4-6,9,14-15H,3,7H2,1-2H3. The number of benzene rings is 1. The molecule has 0 heterocycles. The summed E-state index contributed by atoms with van der Waals surface area (Å²) < 4.78 is 36.7. The van der Waals surface area contributed by atoms with Gasteiger partial charge in [-0.05, 0) is 25.1 Å². The summed E-state index contributed by atoms with van der Waals surface area (Å²) in [6, 6.07) is 4.53. The number of carbonyl (C=O) groups is 1. The molecule has 9 heteroatoms. The highest BCUT2D eigenvalue weighted by Crippen LogP contribution is 2.27. The molecule has 0 saturated carbocycles. The van der Waals surface area contributed by atoms with Gasteiger partial charge in [-0.3, -0.25) is 0 Å². The summed E-state index contributed by atoms with van der Waals surface area (Å²) in [4.78, 5) is 11.0. The van der Waals surface area contributed by atoms with Crippen LogP contribution in [-0.2, 0) is 19.6 Å². The van der Waals surface area contributed by atoms with E-state index < -0.39 is 28.6 Å². The summed E-state index contributed by atoms with van der Waals surface area (Å²) in [5.41, 5.74) is 0. The number of nitrogens with one attached hydrogen (secondary N) is 1. The lowest BCUT2D eigenvalue weighted by Gasteiger charge is -2.13. The Balaban J connectivity index is 2.97. The maximum absolute atomic E-state index is 12.2. The molecule has 7 nitrogen and oxygen atoms in total. The van der Waals surface area contributed by atoms with Gasteiger partial charge < -0.3 is 14.6 Å². The van der Waals surface area contributed by atoms with E-state index in [1.54, 1.807) is 13.0 Å². The van der Waals surface area contributed by atoms with Crippen LogP contribution in [0, 0.1) is 0 Å². The van der Waals surface area contributed by atoms with Crippen LogP contribution < -0.4 is 9.46 Å². The number of hydrogen-bond donors (Lipinski definition) is 2. The number of aliphatic hydroxyl groups excluding tert-OH is 1. The fourth-order valence-corrected chi connectivity index (χ4v) is 3.17. The van der Waals surface area contributed by atoms with Crippen LogP contribution in [0.3, 0.4) is 0 Å². The van der Waals surface area contributed by atoms with Gasteiger partial charge in [0.2, 0.25) is 10.0 Å². The Morgan fingerprint density at radius 1 is 1.48 bits per heavy atom. The molecule has 0 aliphatic heterocycles. The van der Waals surface area contributed by atoms with Crippen molar-refractivity contribution in [3.8, 4) is 5.75 Å². The van der Waals surface area contributed by atoms with Gasteiger partial charge in [-0.15, -0.1) is 0 Å². The average molecular weight is 382 g/mol. The fourth-order valence-electron chi connectivity index (χ4n) is 1.45. The van der Waals surface area contributed by atoms with Crippen LogP contribution >= 0.6 is 15.9 Å². The molecular weight excluding hydrogens is 366 g/mol. The second-order valence-electron chi connectivity index (χ2n) is 3.91. The highest BCUT2D eigenvalue weighted by atomic mass is 79.9. The molecule has 1 atom stereocenters. The first-order chi connectivity index (χ1) is 9.81. The van der Waals surface area contributed by atoms with Gasteiger partial charge in [0.05, 0.1) is 13.7 Å². The zero-order valence-corrected chi connectivity index (χ0v) is 13.9. The summed E-state index contributed by atoms with van der Waals surface area (Å²) in [6.07, 6.45) is -1.58. The number of hydrogen-bond acceptors (Lipinski definition) is 6. The van der Waals surface area contributed by atoms with Crippen molar-refractivity contribution < 1.29 is 27.8 Å². The predicted octanol–water partition coefficient (Wildman–Crippen LogP) is 0.660. The fraction of sp³-hybridized carbons (Fsp3) is 0.417. The van der Waals surface area contributed by atoms with E-state index in [1.807, 2.05) is 0 Å². The second kappa shape index (κ2) is 7.74. The molecule has 1 rings (SSSR count). The summed E-state index contributed by atoms with van der Waals surface area (Å²) >= 11 is 3.18. The van der Waals surface area contributed by atoms with E-state index in [0.717, 1.165) is 7.11 Å². The van der Waals surface area contributed by atoms with E-state index in [2.05, 4.69) is 25.4 Å². The Labute approximate surface area is 131 Å². The molecule has 1 aromatic rings. The molecule has 0 aromatic heterocycles. The summed E-state index contributed by atoms with van der Waals surface area (Å²) in [6.45, 7) is 1.54. The van der Waals surface area contributed by atoms with Gasteiger partial charge in [0.15, 0.2) is 6.10 Å². The van der Waals surface area contributed by atoms with E-state index in [1.165, 1.54) is 12.1 Å². The quantitative estimate of drug-likeness (QED) is 0.672. The number of halogens is 1. The van der Waals surface area contributed by atoms with Crippen LogP contribution in [-0.4, -0.2) is 45.9 Å². The monoisotopic (exact) mass is 381 g/mol. The van der Waals surface area contributed by atoms with Crippen LogP contribution in [0.15, 0.2) is 27.6 Å². The normalized spacial score (nSPS) is 12.8. The van der Waals surface area contributed by atoms with Crippen LogP contribution in [0.2, 0.25) is 0 Å². The van der Waals surface area contributed by atoms with Crippen molar-refractivity contribution in [3.05, 3.63) is 22.7 Å². The van der Waals surface area contributed by atoms with Crippen LogP contribution in [0.4, 0.5) is 0 Å². The first-order valence-electron chi connectivity index (χ1n) is 5.99. The van der Waals surface area contributed by atoms with Crippen molar-refractivity contribution in [2.75, 3.05) is 20.3 Å². The Morgan fingerprint density at radius 2 is 2.14 bits per heavy atom. The molecule has 1 aromatic carbocycles. The molecule has 0 bridgehead atoms. The summed E-state index contributed by atoms with van der Waals surface area (Å²) in [5.74, 6) is -0.738. The Kier molecular flexibility index (Phi) is 6.59. The van der Waals surface area contributed by atoms with Crippen LogP contribution in [0.25, 0.3) is 0 Å². The van der Waals surface area contributed by atoms with E-state index >= 15 is 0 Å². The van der Waals surface area contributed by atoms with Crippen molar-refractivity contribution in [1.82, 2.24) is 4.72 Å². The minimum Gasteiger partial charge on any atom is -0.492 e. The lowest BCUT2D eigenvalue weighted by Crippen LogP contribution is -2.37. The molecule has 0 radical (unpaired) electrons. The van der Waals surface area contributed by atoms with Gasteiger partial charge in [0.1, 0.15) is 10.6 Å². The van der Waals surface area contributed by atoms with Crippen molar-refractivity contribution in [2.45, 2.75) is 17.9 Å². The van der Waals surface area contributed by atoms with Gasteiger partial charge >= 0.3 is 5.97 Å². The number of aliphatic hydroxyl groups is 1. The molecule has 0 aliphatic carbocycles. The lowest BCUT2D eigenvalue weighted by atomic mass is 10.3. The average Bonchev–Trinajstić information content (AvgIpc) is 2.46. The number of rotatable bonds is 7. The molecule has 0 spiro atoms. The number of sulfonamides is 1. The third kappa shape index (κ3) is 4.95. The number of esters is 1. The second-order valence-corrected chi connectivity index (χ2v) is 6.57. The van der Waals surface area contributed by atoms with E-state index in [4.69, 9.17) is 4.74 Å². The molecule has 1 unspecified atom stereocenters. The van der Waals surface area contributed by atoms with Gasteiger partial charge in [-0.2, -0.15) is 0 Å². The molecule has 0 aliphatic rings. The highest BCUT2D eigenvalue weighted by molar-refractivity contribution is 9.10. The Morgan fingerprint density at radius 3 is 2.71 bits per heavy atom. The molecule has 0 amide bonds. The van der Waals surface area contributed by atoms with E-state index in [-0.39, 0.29) is 10.6 Å². The van der Waals surface area contributed by atoms with Gasteiger partial charge in [-0.25, -0.2) is 17.9 Å². The number of carbonyl (C=O) groups excluding carboxylic acids is 1. The lowest BCUT2D eigenvalue weighted by molar-refractivity contribution is -0.149. The van der Waals surface area contributed by atoms with Crippen molar-refractivity contribution >= 4 is 31.9 Å². The molecule has 118 valence electrons. The van der Waals surface area contributed by atoms with Gasteiger partial charge in [-0.1, -0.05) is 15.9 Å². The maximum atomic E-state index is 12.2. The Bertz CT molecular complexity index is 604.